The summed E-state index contributed by atoms with van der Waals surface area (Å²) in [6.45, 7) is 1.64. The van der Waals surface area contributed by atoms with Crippen molar-refractivity contribution in [2.24, 2.45) is 4.90 Å². The number of hydrogen-bond acceptors (Lipinski definition) is 4. The molecule has 4 nitrogen and oxygen atoms in total. The van der Waals surface area contributed by atoms with Crippen LogP contribution in [0.4, 0.5) is 0 Å². The number of hydrogen-bond donors (Lipinski definition) is 1. The Morgan fingerprint density at radius 2 is 1.52 bits per heavy atom. The molecule has 0 atom stereocenters. The van der Waals surface area contributed by atoms with Crippen LogP contribution >= 0.6 is 0 Å². The van der Waals surface area contributed by atoms with Gasteiger partial charge in [0, 0.05) is 11.8 Å². The van der Waals surface area contributed by atoms with E-state index in [1.54, 1.807) is 6.92 Å². The number of allylic oxidation sites excluding steroid dienone is 1. The van der Waals surface area contributed by atoms with E-state index in [0.717, 1.165) is 29.5 Å². The molecule has 1 N–H and O–H groups in total. The van der Waals surface area contributed by atoms with Crippen molar-refractivity contribution in [2.45, 2.75) is 52.0 Å². The number of benzene rings is 2. The molecule has 2 aromatic rings. The summed E-state index contributed by atoms with van der Waals surface area (Å²) in [4.78, 5) is 17.5. The first kappa shape index (κ1) is 19.5. The van der Waals surface area contributed by atoms with Crippen molar-refractivity contribution in [3.63, 3.8) is 0 Å². The third-order valence-electron chi connectivity index (χ3n) is 6.05. The number of nitrogens with zero attached hydrogens (tertiary/aromatic N) is 1. The summed E-state index contributed by atoms with van der Waals surface area (Å²) >= 11 is 0. The number of nitrogens with one attached hydrogen (secondary N) is 1. The molecule has 0 unspecified atom stereocenters. The van der Waals surface area contributed by atoms with Crippen molar-refractivity contribution in [1.29, 1.82) is 0 Å². The molecule has 1 aliphatic heterocycles. The summed E-state index contributed by atoms with van der Waals surface area (Å²) in [5.41, 5.74) is 3.31. The number of ketones is 1. The fourth-order valence-corrected chi connectivity index (χ4v) is 4.62. The van der Waals surface area contributed by atoms with E-state index in [4.69, 9.17) is 9.56 Å². The number of rotatable bonds is 5. The van der Waals surface area contributed by atoms with Gasteiger partial charge in [0.1, 0.15) is 0 Å². The maximum absolute atomic E-state index is 12.5. The topological polar surface area (TPSA) is 50.7 Å². The molecule has 5 heteroatoms. The fourth-order valence-electron chi connectivity index (χ4n) is 4.62. The standard InChI is InChI=1S/C24H28BN2O2/c1-18-23(19(2)28)24(26-22-16-10-5-11-17-22)29-25(27-18,20-12-6-3-7-13-20)21-14-8-4-9-15-21/h3-4,6-9,12-15,22,26H,5,10-11,16-17H2,1-2H3/q-1. The Morgan fingerprint density at radius 3 is 2.03 bits per heavy atom. The van der Waals surface area contributed by atoms with Crippen LogP contribution in [0.3, 0.4) is 0 Å². The maximum Gasteiger partial charge on any atom is 0.336 e. The van der Waals surface area contributed by atoms with E-state index in [1.807, 2.05) is 43.3 Å². The van der Waals surface area contributed by atoms with E-state index in [0.29, 0.717) is 17.5 Å². The quantitative estimate of drug-likeness (QED) is 0.800. The van der Waals surface area contributed by atoms with Crippen LogP contribution in [0.2, 0.25) is 0 Å². The molecule has 0 amide bonds. The Hall–Kier alpha value is -2.82. The first-order chi connectivity index (χ1) is 14.1. The second-order valence-electron chi connectivity index (χ2n) is 8.14. The van der Waals surface area contributed by atoms with Gasteiger partial charge in [-0.15, -0.1) is 10.9 Å². The zero-order valence-corrected chi connectivity index (χ0v) is 17.2. The van der Waals surface area contributed by atoms with Gasteiger partial charge in [0.05, 0.1) is 5.57 Å². The van der Waals surface area contributed by atoms with Crippen molar-refractivity contribution < 1.29 is 9.45 Å². The Morgan fingerprint density at radius 1 is 0.966 bits per heavy atom. The normalized spacial score (nSPS) is 19.3. The maximum atomic E-state index is 12.5. The Kier molecular flexibility index (Phi) is 5.57. The minimum absolute atomic E-state index is 0.0184. The van der Waals surface area contributed by atoms with E-state index in [1.165, 1.54) is 19.3 Å². The van der Waals surface area contributed by atoms with Crippen molar-refractivity contribution >= 4 is 28.9 Å². The molecule has 0 spiro atoms. The van der Waals surface area contributed by atoms with Crippen molar-refractivity contribution in [3.8, 4) is 0 Å². The van der Waals surface area contributed by atoms with Crippen molar-refractivity contribution in [2.75, 3.05) is 0 Å². The Balaban J connectivity index is 1.83. The van der Waals surface area contributed by atoms with Crippen LogP contribution in [0.5, 0.6) is 0 Å². The third kappa shape index (κ3) is 3.86. The number of Topliss-reactive ketones (excluding diaryl/α,β-unsaturated/α-hetero) is 1. The van der Waals surface area contributed by atoms with E-state index in [9.17, 15) is 4.79 Å². The predicted molar refractivity (Wildman–Crippen MR) is 120 cm³/mol. The summed E-state index contributed by atoms with van der Waals surface area (Å²) in [5, 5.41) is 3.59. The van der Waals surface area contributed by atoms with E-state index in [-0.39, 0.29) is 5.78 Å². The molecule has 150 valence electrons. The molecular weight excluding hydrogens is 359 g/mol. The first-order valence-electron chi connectivity index (χ1n) is 10.6. The smallest absolute Gasteiger partial charge is 0.336 e. The van der Waals surface area contributed by atoms with Crippen LogP contribution in [0, 0.1) is 0 Å². The zero-order chi connectivity index (χ0) is 20.3. The van der Waals surface area contributed by atoms with Crippen molar-refractivity contribution in [3.05, 3.63) is 72.1 Å². The molecular formula is C24H28BN2O2-. The fraction of sp³-hybridized carbons (Fsp3) is 0.333. The summed E-state index contributed by atoms with van der Waals surface area (Å²) < 4.78 is 6.72. The largest absolute Gasteiger partial charge is 0.676 e. The predicted octanol–water partition coefficient (Wildman–Crippen LogP) is 3.46. The lowest BCUT2D eigenvalue weighted by molar-refractivity contribution is -0.113. The molecule has 0 aromatic heterocycles. The average Bonchev–Trinajstić information content (AvgIpc) is 2.75. The van der Waals surface area contributed by atoms with Gasteiger partial charge in [-0.25, -0.2) is 0 Å². The van der Waals surface area contributed by atoms with E-state index >= 15 is 0 Å². The van der Waals surface area contributed by atoms with Gasteiger partial charge in [0.25, 0.3) is 0 Å². The van der Waals surface area contributed by atoms with Gasteiger partial charge in [0.2, 0.25) is 0 Å². The molecule has 4 rings (SSSR count). The van der Waals surface area contributed by atoms with Crippen molar-refractivity contribution in [1.82, 2.24) is 5.32 Å². The average molecular weight is 387 g/mol. The Labute approximate surface area is 173 Å². The summed E-state index contributed by atoms with van der Waals surface area (Å²) in [5.74, 6) is 0.569. The van der Waals surface area contributed by atoms with E-state index in [2.05, 4.69) is 29.6 Å². The highest BCUT2D eigenvalue weighted by Crippen LogP contribution is 2.26. The van der Waals surface area contributed by atoms with Gasteiger partial charge >= 0.3 is 6.48 Å². The molecule has 0 bridgehead atoms. The SMILES string of the molecule is CC(=O)C1=C(NC2CCCCC2)O[B-](c2ccccc2)(c2ccccc2)N=C1C. The summed E-state index contributed by atoms with van der Waals surface area (Å²) in [7, 11) is 0. The third-order valence-corrected chi connectivity index (χ3v) is 6.05. The van der Waals surface area contributed by atoms with Gasteiger partial charge in [-0.3, -0.25) is 4.79 Å². The Bertz CT molecular complexity index is 892. The van der Waals surface area contributed by atoms with Crippen LogP contribution in [0.1, 0.15) is 46.0 Å². The van der Waals surface area contributed by atoms with Crippen LogP contribution in [-0.2, 0) is 9.45 Å². The zero-order valence-electron chi connectivity index (χ0n) is 17.2. The summed E-state index contributed by atoms with van der Waals surface area (Å²) in [6, 6.07) is 20.6. The molecule has 0 radical (unpaired) electrons. The molecule has 1 saturated carbocycles. The van der Waals surface area contributed by atoms with Crippen LogP contribution < -0.4 is 16.2 Å². The monoisotopic (exact) mass is 387 g/mol. The lowest BCUT2D eigenvalue weighted by atomic mass is 9.42. The molecule has 1 aliphatic carbocycles. The molecule has 1 heterocycles. The summed E-state index contributed by atoms with van der Waals surface area (Å²) in [6.07, 6.45) is 5.90. The first-order valence-corrected chi connectivity index (χ1v) is 10.6. The lowest BCUT2D eigenvalue weighted by Gasteiger charge is -2.46. The highest BCUT2D eigenvalue weighted by atomic mass is 16.5. The minimum Gasteiger partial charge on any atom is -0.676 e. The highest BCUT2D eigenvalue weighted by molar-refractivity contribution is 6.97. The second kappa shape index (κ2) is 8.28. The van der Waals surface area contributed by atoms with Gasteiger partial charge in [-0.2, -0.15) is 0 Å². The molecule has 0 saturated heterocycles. The molecule has 29 heavy (non-hydrogen) atoms. The second-order valence-corrected chi connectivity index (χ2v) is 8.14. The van der Waals surface area contributed by atoms with E-state index < -0.39 is 6.48 Å². The van der Waals surface area contributed by atoms with Gasteiger partial charge in [-0.05, 0) is 26.7 Å². The van der Waals surface area contributed by atoms with Crippen LogP contribution in [0.15, 0.2) is 77.0 Å². The minimum atomic E-state index is -1.87. The van der Waals surface area contributed by atoms with Gasteiger partial charge in [0.15, 0.2) is 11.7 Å². The highest BCUT2D eigenvalue weighted by Gasteiger charge is 2.37. The van der Waals surface area contributed by atoms with Crippen LogP contribution in [0.25, 0.3) is 0 Å². The van der Waals surface area contributed by atoms with Gasteiger partial charge < -0.3 is 14.9 Å². The molecule has 1 fully saturated rings. The number of carbonyl (C=O) groups excluding carboxylic acids is 1. The van der Waals surface area contributed by atoms with Crippen LogP contribution in [-0.4, -0.2) is 24.0 Å². The number of carbonyl (C=O) groups is 1. The lowest BCUT2D eigenvalue weighted by Crippen LogP contribution is -2.62. The molecule has 2 aromatic carbocycles. The van der Waals surface area contributed by atoms with Gasteiger partial charge in [-0.1, -0.05) is 79.9 Å². The molecule has 2 aliphatic rings.